The molecule has 6 heteroatoms. The van der Waals surface area contributed by atoms with Crippen LogP contribution in [0, 0.1) is 0 Å². The van der Waals surface area contributed by atoms with Gasteiger partial charge in [0.05, 0.1) is 0 Å². The zero-order valence-corrected chi connectivity index (χ0v) is 15.9. The standard InChI is InChI=1S/C22H25N3O3/c26-18-10-8-17(9-11-18)21(27)24-12-14-25(15-13-24)22(28)23-20-7-3-5-16-4-1-2-6-19(16)20/h3,5,7-11,26H,1-2,4,6,12-15H2,(H,23,28). The average Bonchev–Trinajstić information content (AvgIpc) is 2.74. The number of aromatic hydroxyl groups is 1. The molecule has 1 saturated heterocycles. The molecule has 2 N–H and O–H groups in total. The second-order valence-electron chi connectivity index (χ2n) is 7.41. The normalized spacial score (nSPS) is 16.4. The van der Waals surface area contributed by atoms with Crippen LogP contribution in [0.3, 0.4) is 0 Å². The topological polar surface area (TPSA) is 72.9 Å². The van der Waals surface area contributed by atoms with Crippen molar-refractivity contribution in [2.75, 3.05) is 31.5 Å². The quantitative estimate of drug-likeness (QED) is 0.841. The molecule has 0 unspecified atom stereocenters. The number of nitrogens with one attached hydrogen (secondary N) is 1. The molecule has 1 aliphatic carbocycles. The minimum atomic E-state index is -0.101. The molecule has 0 atom stereocenters. The van der Waals surface area contributed by atoms with Crippen molar-refractivity contribution in [3.63, 3.8) is 0 Å². The molecule has 0 radical (unpaired) electrons. The second kappa shape index (κ2) is 7.92. The number of hydrogen-bond donors (Lipinski definition) is 2. The van der Waals surface area contributed by atoms with Crippen LogP contribution in [0.4, 0.5) is 10.5 Å². The Bertz CT molecular complexity index is 871. The van der Waals surface area contributed by atoms with Crippen LogP contribution in [0.15, 0.2) is 42.5 Å². The first kappa shape index (κ1) is 18.3. The van der Waals surface area contributed by atoms with Crippen LogP contribution in [-0.2, 0) is 12.8 Å². The predicted octanol–water partition coefficient (Wildman–Crippen LogP) is 3.26. The third kappa shape index (κ3) is 3.81. The van der Waals surface area contributed by atoms with Crippen LogP contribution in [0.25, 0.3) is 0 Å². The Morgan fingerprint density at radius 2 is 1.54 bits per heavy atom. The maximum Gasteiger partial charge on any atom is 0.321 e. The van der Waals surface area contributed by atoms with Gasteiger partial charge in [0.25, 0.3) is 5.91 Å². The molecule has 1 heterocycles. The number of nitrogens with zero attached hydrogens (tertiary/aromatic N) is 2. The van der Waals surface area contributed by atoms with E-state index in [9.17, 15) is 14.7 Å². The first-order chi connectivity index (χ1) is 13.6. The van der Waals surface area contributed by atoms with Crippen molar-refractivity contribution >= 4 is 17.6 Å². The maximum absolute atomic E-state index is 12.7. The Morgan fingerprint density at radius 3 is 2.29 bits per heavy atom. The predicted molar refractivity (Wildman–Crippen MR) is 108 cm³/mol. The highest BCUT2D eigenvalue weighted by atomic mass is 16.3. The molecule has 0 bridgehead atoms. The second-order valence-corrected chi connectivity index (χ2v) is 7.41. The molecule has 2 aliphatic rings. The SMILES string of the molecule is O=C(Nc1cccc2c1CCCC2)N1CCN(C(=O)c2ccc(O)cc2)CC1. The van der Waals surface area contributed by atoms with Crippen LogP contribution in [-0.4, -0.2) is 53.0 Å². The lowest BCUT2D eigenvalue weighted by molar-refractivity contribution is 0.0671. The van der Waals surface area contributed by atoms with Crippen molar-refractivity contribution in [1.29, 1.82) is 0 Å². The van der Waals surface area contributed by atoms with Crippen molar-refractivity contribution in [2.24, 2.45) is 0 Å². The molecule has 146 valence electrons. The van der Waals surface area contributed by atoms with Gasteiger partial charge in [-0.3, -0.25) is 4.79 Å². The Labute approximate surface area is 164 Å². The minimum Gasteiger partial charge on any atom is -0.508 e. The number of carbonyl (C=O) groups is 2. The number of benzene rings is 2. The molecule has 1 fully saturated rings. The Hall–Kier alpha value is -3.02. The summed E-state index contributed by atoms with van der Waals surface area (Å²) < 4.78 is 0. The molecule has 6 nitrogen and oxygen atoms in total. The monoisotopic (exact) mass is 379 g/mol. The van der Waals surface area contributed by atoms with E-state index in [1.54, 1.807) is 21.9 Å². The number of anilines is 1. The lowest BCUT2D eigenvalue weighted by Crippen LogP contribution is -2.51. The summed E-state index contributed by atoms with van der Waals surface area (Å²) in [5, 5.41) is 12.4. The number of phenolic OH excluding ortho intramolecular Hbond substituents is 1. The summed E-state index contributed by atoms with van der Waals surface area (Å²) in [6.07, 6.45) is 4.47. The Morgan fingerprint density at radius 1 is 0.857 bits per heavy atom. The number of urea groups is 1. The van der Waals surface area contributed by atoms with Crippen LogP contribution in [0.1, 0.15) is 34.3 Å². The summed E-state index contributed by atoms with van der Waals surface area (Å²) in [5.74, 6) is 0.0679. The highest BCUT2D eigenvalue weighted by molar-refractivity contribution is 5.95. The molecule has 0 saturated carbocycles. The van der Waals surface area contributed by atoms with Gasteiger partial charge in [-0.15, -0.1) is 0 Å². The number of carbonyl (C=O) groups excluding carboxylic acids is 2. The molecule has 0 spiro atoms. The zero-order valence-electron chi connectivity index (χ0n) is 15.9. The van der Waals surface area contributed by atoms with Gasteiger partial charge < -0.3 is 20.2 Å². The van der Waals surface area contributed by atoms with Crippen LogP contribution in [0.5, 0.6) is 5.75 Å². The number of aryl methyl sites for hydroxylation is 1. The van der Waals surface area contributed by atoms with Gasteiger partial charge in [-0.05, 0) is 67.1 Å². The molecular weight excluding hydrogens is 354 g/mol. The number of piperazine rings is 1. The van der Waals surface area contributed by atoms with E-state index in [1.807, 2.05) is 12.1 Å². The smallest absolute Gasteiger partial charge is 0.321 e. The number of rotatable bonds is 2. The fourth-order valence-electron chi connectivity index (χ4n) is 3.99. The molecule has 2 aromatic carbocycles. The summed E-state index contributed by atoms with van der Waals surface area (Å²) in [6, 6.07) is 12.3. The number of fused-ring (bicyclic) bond motifs is 1. The van der Waals surface area contributed by atoms with Crippen molar-refractivity contribution in [3.8, 4) is 5.75 Å². The maximum atomic E-state index is 12.7. The van der Waals surface area contributed by atoms with Gasteiger partial charge in [-0.25, -0.2) is 4.79 Å². The van der Waals surface area contributed by atoms with Crippen LogP contribution in [0.2, 0.25) is 0 Å². The fraction of sp³-hybridized carbons (Fsp3) is 0.364. The first-order valence-corrected chi connectivity index (χ1v) is 9.87. The lowest BCUT2D eigenvalue weighted by atomic mass is 9.90. The molecule has 0 aromatic heterocycles. The van der Waals surface area contributed by atoms with Gasteiger partial charge in [0, 0.05) is 37.4 Å². The summed E-state index contributed by atoms with van der Waals surface area (Å²) in [6.45, 7) is 2.01. The largest absolute Gasteiger partial charge is 0.508 e. The van der Waals surface area contributed by atoms with Crippen molar-refractivity contribution in [2.45, 2.75) is 25.7 Å². The van der Waals surface area contributed by atoms with E-state index < -0.39 is 0 Å². The van der Waals surface area contributed by atoms with E-state index in [2.05, 4.69) is 11.4 Å². The summed E-state index contributed by atoms with van der Waals surface area (Å²) in [5.41, 5.74) is 4.08. The van der Waals surface area contributed by atoms with Gasteiger partial charge in [-0.1, -0.05) is 12.1 Å². The lowest BCUT2D eigenvalue weighted by Gasteiger charge is -2.35. The molecule has 1 aliphatic heterocycles. The molecular formula is C22H25N3O3. The van der Waals surface area contributed by atoms with E-state index in [-0.39, 0.29) is 17.7 Å². The molecule has 28 heavy (non-hydrogen) atoms. The van der Waals surface area contributed by atoms with Crippen LogP contribution < -0.4 is 5.32 Å². The number of amides is 3. The van der Waals surface area contributed by atoms with E-state index in [1.165, 1.54) is 29.7 Å². The van der Waals surface area contributed by atoms with E-state index in [4.69, 9.17) is 0 Å². The van der Waals surface area contributed by atoms with Gasteiger partial charge in [-0.2, -0.15) is 0 Å². The van der Waals surface area contributed by atoms with Gasteiger partial charge >= 0.3 is 6.03 Å². The first-order valence-electron chi connectivity index (χ1n) is 9.87. The van der Waals surface area contributed by atoms with E-state index in [0.717, 1.165) is 24.9 Å². The third-order valence-electron chi connectivity index (χ3n) is 5.61. The van der Waals surface area contributed by atoms with Crippen molar-refractivity contribution in [3.05, 3.63) is 59.2 Å². The highest BCUT2D eigenvalue weighted by Gasteiger charge is 2.25. The molecule has 4 rings (SSSR count). The van der Waals surface area contributed by atoms with Crippen molar-refractivity contribution < 1.29 is 14.7 Å². The highest BCUT2D eigenvalue weighted by Crippen LogP contribution is 2.28. The Balaban J connectivity index is 1.35. The molecule has 2 aromatic rings. The van der Waals surface area contributed by atoms with Gasteiger partial charge in [0.1, 0.15) is 5.75 Å². The van der Waals surface area contributed by atoms with Crippen LogP contribution >= 0.6 is 0 Å². The van der Waals surface area contributed by atoms with Crippen molar-refractivity contribution in [1.82, 2.24) is 9.80 Å². The minimum absolute atomic E-state index is 0.0720. The average molecular weight is 379 g/mol. The van der Waals surface area contributed by atoms with E-state index in [0.29, 0.717) is 31.7 Å². The Kier molecular flexibility index (Phi) is 5.19. The number of phenols is 1. The summed E-state index contributed by atoms with van der Waals surface area (Å²) in [4.78, 5) is 28.8. The summed E-state index contributed by atoms with van der Waals surface area (Å²) >= 11 is 0. The molecule has 3 amide bonds. The van der Waals surface area contributed by atoms with Gasteiger partial charge in [0.2, 0.25) is 0 Å². The summed E-state index contributed by atoms with van der Waals surface area (Å²) in [7, 11) is 0. The fourth-order valence-corrected chi connectivity index (χ4v) is 3.99. The zero-order chi connectivity index (χ0) is 19.5. The third-order valence-corrected chi connectivity index (χ3v) is 5.61. The number of hydrogen-bond acceptors (Lipinski definition) is 3. The van der Waals surface area contributed by atoms with E-state index >= 15 is 0 Å². The van der Waals surface area contributed by atoms with Gasteiger partial charge in [0.15, 0.2) is 0 Å².